The van der Waals surface area contributed by atoms with Gasteiger partial charge in [-0.05, 0) is 30.9 Å². The van der Waals surface area contributed by atoms with E-state index in [4.69, 9.17) is 11.6 Å². The second kappa shape index (κ2) is 6.37. The molecule has 3 rings (SSSR count). The van der Waals surface area contributed by atoms with E-state index in [0.29, 0.717) is 24.3 Å². The van der Waals surface area contributed by atoms with Gasteiger partial charge in [0.25, 0.3) is 0 Å². The van der Waals surface area contributed by atoms with Crippen molar-refractivity contribution in [1.82, 2.24) is 10.6 Å². The maximum absolute atomic E-state index is 12.4. The lowest BCUT2D eigenvalue weighted by atomic mass is 10.0. The molecule has 8 heteroatoms. The molecule has 1 aromatic carbocycles. The van der Waals surface area contributed by atoms with Crippen molar-refractivity contribution in [2.45, 2.75) is 31.8 Å². The molecule has 2 fully saturated rings. The van der Waals surface area contributed by atoms with Gasteiger partial charge < -0.3 is 10.6 Å². The van der Waals surface area contributed by atoms with E-state index in [2.05, 4.69) is 10.6 Å². The number of rotatable bonds is 5. The molecule has 1 unspecified atom stereocenters. The summed E-state index contributed by atoms with van der Waals surface area (Å²) in [5, 5.41) is 6.04. The van der Waals surface area contributed by atoms with Gasteiger partial charge in [0.2, 0.25) is 11.8 Å². The van der Waals surface area contributed by atoms with Crippen LogP contribution in [0.2, 0.25) is 5.02 Å². The molecule has 1 saturated heterocycles. The molecule has 0 aromatic heterocycles. The number of benzene rings is 1. The van der Waals surface area contributed by atoms with Crippen LogP contribution in [0.4, 0.5) is 0 Å². The van der Waals surface area contributed by atoms with Crippen LogP contribution in [0.3, 0.4) is 0 Å². The van der Waals surface area contributed by atoms with E-state index in [1.165, 1.54) is 0 Å². The first-order valence-corrected chi connectivity index (χ1v) is 10.1. The lowest BCUT2D eigenvalue weighted by Crippen LogP contribution is -2.46. The Morgan fingerprint density at radius 3 is 2.50 bits per heavy atom. The van der Waals surface area contributed by atoms with Gasteiger partial charge in [0.1, 0.15) is 5.41 Å². The fourth-order valence-electron chi connectivity index (χ4n) is 2.90. The van der Waals surface area contributed by atoms with Gasteiger partial charge in [-0.3, -0.25) is 9.59 Å². The fraction of sp³-hybridized carbons (Fsp3) is 0.500. The Morgan fingerprint density at radius 2 is 1.92 bits per heavy atom. The second-order valence-electron chi connectivity index (χ2n) is 6.43. The standard InChI is InChI=1S/C16H19ClN2O4S/c17-13-4-2-1-3-11(13)9-18-14(20)16(6-7-16)15(21)19-12-5-8-24(22,23)10-12/h1-4,12H,5-10H2,(H,18,20)(H,19,21). The first-order chi connectivity index (χ1) is 11.3. The van der Waals surface area contributed by atoms with Crippen LogP contribution in [0.1, 0.15) is 24.8 Å². The Labute approximate surface area is 145 Å². The number of carbonyl (C=O) groups is 2. The molecule has 1 aliphatic carbocycles. The summed E-state index contributed by atoms with van der Waals surface area (Å²) in [6, 6.07) is 6.79. The molecule has 1 heterocycles. The van der Waals surface area contributed by atoms with Crippen molar-refractivity contribution in [1.29, 1.82) is 0 Å². The van der Waals surface area contributed by atoms with Crippen LogP contribution in [-0.2, 0) is 26.0 Å². The first kappa shape index (κ1) is 17.2. The van der Waals surface area contributed by atoms with Crippen LogP contribution in [0.15, 0.2) is 24.3 Å². The molecule has 1 aliphatic heterocycles. The van der Waals surface area contributed by atoms with Crippen LogP contribution >= 0.6 is 11.6 Å². The number of halogens is 1. The minimum atomic E-state index is -3.07. The number of amides is 2. The maximum atomic E-state index is 12.4. The molecular formula is C16H19ClN2O4S. The Hall–Kier alpha value is -1.60. The highest BCUT2D eigenvalue weighted by atomic mass is 35.5. The number of nitrogens with one attached hydrogen (secondary N) is 2. The minimum Gasteiger partial charge on any atom is -0.351 e. The van der Waals surface area contributed by atoms with Gasteiger partial charge in [0.15, 0.2) is 9.84 Å². The Morgan fingerprint density at radius 1 is 1.21 bits per heavy atom. The Bertz CT molecular complexity index is 774. The summed E-state index contributed by atoms with van der Waals surface area (Å²) >= 11 is 6.05. The summed E-state index contributed by atoms with van der Waals surface area (Å²) in [5.41, 5.74) is -0.279. The lowest BCUT2D eigenvalue weighted by Gasteiger charge is -2.18. The van der Waals surface area contributed by atoms with E-state index in [0.717, 1.165) is 5.56 Å². The molecule has 0 radical (unpaired) electrons. The van der Waals surface area contributed by atoms with Crippen molar-refractivity contribution < 1.29 is 18.0 Å². The third-order valence-corrected chi connectivity index (χ3v) is 6.72. The fourth-order valence-corrected chi connectivity index (χ4v) is 4.78. The summed E-state index contributed by atoms with van der Waals surface area (Å²) in [7, 11) is -3.07. The summed E-state index contributed by atoms with van der Waals surface area (Å²) in [6.07, 6.45) is 1.37. The molecule has 2 amide bonds. The van der Waals surface area contributed by atoms with Gasteiger partial charge in [-0.25, -0.2) is 8.42 Å². The lowest BCUT2D eigenvalue weighted by molar-refractivity contribution is -0.137. The van der Waals surface area contributed by atoms with Crippen LogP contribution in [0, 0.1) is 5.41 Å². The molecule has 2 aliphatic rings. The SMILES string of the molecule is O=C(NCc1ccccc1Cl)C1(C(=O)NC2CCS(=O)(=O)C2)CC1. The van der Waals surface area contributed by atoms with Gasteiger partial charge in [-0.2, -0.15) is 0 Å². The summed E-state index contributed by atoms with van der Waals surface area (Å²) in [4.78, 5) is 24.8. The van der Waals surface area contributed by atoms with Crippen molar-refractivity contribution in [3.8, 4) is 0 Å². The van der Waals surface area contributed by atoms with Crippen LogP contribution in [0.25, 0.3) is 0 Å². The highest BCUT2D eigenvalue weighted by Crippen LogP contribution is 2.46. The molecular weight excluding hydrogens is 352 g/mol. The zero-order valence-corrected chi connectivity index (χ0v) is 14.6. The van der Waals surface area contributed by atoms with Crippen molar-refractivity contribution >= 4 is 33.3 Å². The molecule has 24 heavy (non-hydrogen) atoms. The highest BCUT2D eigenvalue weighted by molar-refractivity contribution is 7.91. The van der Waals surface area contributed by atoms with E-state index >= 15 is 0 Å². The maximum Gasteiger partial charge on any atom is 0.235 e. The number of carbonyl (C=O) groups excluding carboxylic acids is 2. The monoisotopic (exact) mass is 370 g/mol. The van der Waals surface area contributed by atoms with E-state index in [9.17, 15) is 18.0 Å². The zero-order chi connectivity index (χ0) is 17.4. The average molecular weight is 371 g/mol. The van der Waals surface area contributed by atoms with Crippen molar-refractivity contribution in [2.75, 3.05) is 11.5 Å². The number of sulfone groups is 1. The first-order valence-electron chi connectivity index (χ1n) is 7.85. The van der Waals surface area contributed by atoms with E-state index in [-0.39, 0.29) is 29.9 Å². The molecule has 0 spiro atoms. The van der Waals surface area contributed by atoms with Gasteiger partial charge >= 0.3 is 0 Å². The van der Waals surface area contributed by atoms with Crippen molar-refractivity contribution in [3.05, 3.63) is 34.9 Å². The quantitative estimate of drug-likeness (QED) is 0.757. The molecule has 1 atom stereocenters. The second-order valence-corrected chi connectivity index (χ2v) is 9.07. The number of hydrogen-bond donors (Lipinski definition) is 2. The van der Waals surface area contributed by atoms with Gasteiger partial charge in [-0.1, -0.05) is 29.8 Å². The van der Waals surface area contributed by atoms with Crippen LogP contribution < -0.4 is 10.6 Å². The van der Waals surface area contributed by atoms with Crippen molar-refractivity contribution in [3.63, 3.8) is 0 Å². The molecule has 1 saturated carbocycles. The van der Waals surface area contributed by atoms with E-state index in [1.807, 2.05) is 12.1 Å². The smallest absolute Gasteiger partial charge is 0.235 e. The van der Waals surface area contributed by atoms with Crippen molar-refractivity contribution in [2.24, 2.45) is 5.41 Å². The van der Waals surface area contributed by atoms with Gasteiger partial charge in [0, 0.05) is 17.6 Å². The number of hydrogen-bond acceptors (Lipinski definition) is 4. The summed E-state index contributed by atoms with van der Waals surface area (Å²) < 4.78 is 22.9. The zero-order valence-electron chi connectivity index (χ0n) is 13.0. The van der Waals surface area contributed by atoms with E-state index < -0.39 is 21.3 Å². The topological polar surface area (TPSA) is 92.3 Å². The molecule has 1 aromatic rings. The summed E-state index contributed by atoms with van der Waals surface area (Å²) in [6.45, 7) is 0.255. The molecule has 0 bridgehead atoms. The molecule has 130 valence electrons. The third kappa shape index (κ3) is 3.57. The third-order valence-electron chi connectivity index (χ3n) is 4.58. The normalized spacial score (nSPS) is 23.5. The predicted octanol–water partition coefficient (Wildman–Crippen LogP) is 1.04. The van der Waals surface area contributed by atoms with Gasteiger partial charge in [-0.15, -0.1) is 0 Å². The van der Waals surface area contributed by atoms with Crippen LogP contribution in [0.5, 0.6) is 0 Å². The Kier molecular flexibility index (Phi) is 4.57. The summed E-state index contributed by atoms with van der Waals surface area (Å²) in [5.74, 6) is -0.665. The minimum absolute atomic E-state index is 0.0456. The largest absolute Gasteiger partial charge is 0.351 e. The van der Waals surface area contributed by atoms with Crippen LogP contribution in [-0.4, -0.2) is 37.8 Å². The average Bonchev–Trinajstić information content (AvgIpc) is 3.27. The van der Waals surface area contributed by atoms with Gasteiger partial charge in [0.05, 0.1) is 11.5 Å². The molecule has 6 nitrogen and oxygen atoms in total. The predicted molar refractivity (Wildman–Crippen MR) is 90.2 cm³/mol. The Balaban J connectivity index is 1.58. The van der Waals surface area contributed by atoms with E-state index in [1.54, 1.807) is 12.1 Å². The highest BCUT2D eigenvalue weighted by Gasteiger charge is 2.56. The molecule has 2 N–H and O–H groups in total.